The first-order valence-corrected chi connectivity index (χ1v) is 12.1. The number of hydrogen-bond acceptors (Lipinski definition) is 1. The lowest BCUT2D eigenvalue weighted by Gasteiger charge is -2.26. The predicted octanol–water partition coefficient (Wildman–Crippen LogP) is 6.43. The number of fused-ring (bicyclic) bond motifs is 2. The van der Waals surface area contributed by atoms with E-state index in [4.69, 9.17) is 0 Å². The van der Waals surface area contributed by atoms with Crippen LogP contribution in [-0.2, 0) is 24.2 Å². The molecule has 0 radical (unpaired) electrons. The fraction of sp³-hybridized carbons (Fsp3) is 0.300. The Labute approximate surface area is 196 Å². The van der Waals surface area contributed by atoms with Crippen molar-refractivity contribution >= 4 is 16.8 Å². The summed E-state index contributed by atoms with van der Waals surface area (Å²) in [6, 6.07) is 23.9. The number of hydrogen-bond donors (Lipinski definition) is 1. The molecule has 0 saturated heterocycles. The summed E-state index contributed by atoms with van der Waals surface area (Å²) in [6.45, 7) is 5.17. The number of para-hydroxylation sites is 1. The molecule has 3 nitrogen and oxygen atoms in total. The third kappa shape index (κ3) is 4.59. The van der Waals surface area contributed by atoms with Crippen molar-refractivity contribution in [2.24, 2.45) is 0 Å². The third-order valence-electron chi connectivity index (χ3n) is 7.04. The van der Waals surface area contributed by atoms with Gasteiger partial charge in [0.05, 0.1) is 6.04 Å². The first-order chi connectivity index (χ1) is 16.1. The van der Waals surface area contributed by atoms with Gasteiger partial charge in [0, 0.05) is 30.1 Å². The van der Waals surface area contributed by atoms with Crippen LogP contribution in [0, 0.1) is 13.8 Å². The van der Waals surface area contributed by atoms with Gasteiger partial charge in [0.2, 0.25) is 5.91 Å². The lowest BCUT2D eigenvalue weighted by molar-refractivity contribution is -0.121. The molecule has 0 spiro atoms. The van der Waals surface area contributed by atoms with Crippen LogP contribution in [0.1, 0.15) is 58.7 Å². The first-order valence-electron chi connectivity index (χ1n) is 12.1. The van der Waals surface area contributed by atoms with Crippen molar-refractivity contribution in [3.63, 3.8) is 0 Å². The SMILES string of the molecule is Cc1ccc(C)c(Cn2cc(CCC(=O)N[C@H]3CCCc4ccccc43)c3ccccc32)c1. The van der Waals surface area contributed by atoms with Crippen LogP contribution in [0.5, 0.6) is 0 Å². The summed E-state index contributed by atoms with van der Waals surface area (Å²) in [5.74, 6) is 0.142. The summed E-state index contributed by atoms with van der Waals surface area (Å²) in [7, 11) is 0. The number of rotatable bonds is 6. The molecule has 0 fully saturated rings. The fourth-order valence-corrected chi connectivity index (χ4v) is 5.23. The molecule has 33 heavy (non-hydrogen) atoms. The van der Waals surface area contributed by atoms with Crippen molar-refractivity contribution in [2.45, 2.75) is 58.5 Å². The minimum absolute atomic E-state index is 0.142. The maximum absolute atomic E-state index is 12.9. The van der Waals surface area contributed by atoms with Crippen molar-refractivity contribution in [3.8, 4) is 0 Å². The Morgan fingerprint density at radius 1 is 1.00 bits per heavy atom. The van der Waals surface area contributed by atoms with Crippen LogP contribution in [0.2, 0.25) is 0 Å². The van der Waals surface area contributed by atoms with Crippen LogP contribution < -0.4 is 5.32 Å². The van der Waals surface area contributed by atoms with Gasteiger partial charge < -0.3 is 9.88 Å². The Hall–Kier alpha value is -3.33. The van der Waals surface area contributed by atoms with E-state index < -0.39 is 0 Å². The molecule has 1 N–H and O–H groups in total. The molecule has 3 heteroatoms. The van der Waals surface area contributed by atoms with Crippen LogP contribution >= 0.6 is 0 Å². The maximum Gasteiger partial charge on any atom is 0.220 e. The standard InChI is InChI=1S/C30H32N2O/c1-21-14-15-22(2)25(18-21)20-32-19-24(27-11-5-6-13-29(27)32)16-17-30(33)31-28-12-7-9-23-8-3-4-10-26(23)28/h3-6,8,10-11,13-15,18-19,28H,7,9,12,16-17,20H2,1-2H3,(H,31,33)/t28-/m0/s1. The van der Waals surface area contributed by atoms with E-state index >= 15 is 0 Å². The van der Waals surface area contributed by atoms with E-state index in [1.165, 1.54) is 44.3 Å². The smallest absolute Gasteiger partial charge is 0.220 e. The minimum Gasteiger partial charge on any atom is -0.349 e. The van der Waals surface area contributed by atoms with Gasteiger partial charge in [0.1, 0.15) is 0 Å². The molecule has 4 aromatic rings. The second kappa shape index (κ2) is 9.27. The zero-order chi connectivity index (χ0) is 22.8. The van der Waals surface area contributed by atoms with Gasteiger partial charge >= 0.3 is 0 Å². The molecule has 1 amide bonds. The molecule has 0 unspecified atom stereocenters. The molecule has 0 aliphatic heterocycles. The normalized spacial score (nSPS) is 15.4. The molecule has 3 aromatic carbocycles. The van der Waals surface area contributed by atoms with Gasteiger partial charge in [0.15, 0.2) is 0 Å². The maximum atomic E-state index is 12.9. The summed E-state index contributed by atoms with van der Waals surface area (Å²) in [6.07, 6.45) is 6.78. The number of benzene rings is 3. The van der Waals surface area contributed by atoms with Gasteiger partial charge in [-0.25, -0.2) is 0 Å². The van der Waals surface area contributed by atoms with Crippen LogP contribution in [0.3, 0.4) is 0 Å². The van der Waals surface area contributed by atoms with E-state index in [9.17, 15) is 4.79 Å². The minimum atomic E-state index is 0.142. The van der Waals surface area contributed by atoms with Gasteiger partial charge in [-0.05, 0) is 73.4 Å². The summed E-state index contributed by atoms with van der Waals surface area (Å²) in [4.78, 5) is 12.9. The van der Waals surface area contributed by atoms with Crippen molar-refractivity contribution < 1.29 is 4.79 Å². The Morgan fingerprint density at radius 3 is 2.73 bits per heavy atom. The zero-order valence-electron chi connectivity index (χ0n) is 19.6. The number of carbonyl (C=O) groups is 1. The number of nitrogens with one attached hydrogen (secondary N) is 1. The monoisotopic (exact) mass is 436 g/mol. The highest BCUT2D eigenvalue weighted by Gasteiger charge is 2.21. The molecule has 5 rings (SSSR count). The number of aryl methyl sites for hydroxylation is 4. The highest BCUT2D eigenvalue weighted by molar-refractivity contribution is 5.85. The Morgan fingerprint density at radius 2 is 1.82 bits per heavy atom. The summed E-state index contributed by atoms with van der Waals surface area (Å²) in [5.41, 5.74) is 9.09. The lowest BCUT2D eigenvalue weighted by Crippen LogP contribution is -2.31. The molecule has 1 atom stereocenters. The molecule has 1 aromatic heterocycles. The molecule has 1 aliphatic carbocycles. The molecule has 0 bridgehead atoms. The molecular weight excluding hydrogens is 404 g/mol. The molecule has 1 heterocycles. The van der Waals surface area contributed by atoms with Crippen LogP contribution in [0.25, 0.3) is 10.9 Å². The average Bonchev–Trinajstić information content (AvgIpc) is 3.18. The lowest BCUT2D eigenvalue weighted by atomic mass is 9.87. The largest absolute Gasteiger partial charge is 0.349 e. The van der Waals surface area contributed by atoms with E-state index in [0.717, 1.165) is 32.2 Å². The summed E-state index contributed by atoms with van der Waals surface area (Å²) in [5, 5.41) is 4.56. The molecule has 168 valence electrons. The van der Waals surface area contributed by atoms with Crippen LogP contribution in [0.15, 0.2) is 72.9 Å². The van der Waals surface area contributed by atoms with Gasteiger partial charge in [-0.2, -0.15) is 0 Å². The van der Waals surface area contributed by atoms with Gasteiger partial charge in [-0.1, -0.05) is 66.2 Å². The van der Waals surface area contributed by atoms with E-state index in [0.29, 0.717) is 6.42 Å². The van der Waals surface area contributed by atoms with Crippen molar-refractivity contribution in [3.05, 3.63) is 106 Å². The van der Waals surface area contributed by atoms with Crippen molar-refractivity contribution in [1.29, 1.82) is 0 Å². The quantitative estimate of drug-likeness (QED) is 0.371. The molecule has 0 saturated carbocycles. The Kier molecular flexibility index (Phi) is 6.04. The predicted molar refractivity (Wildman–Crippen MR) is 136 cm³/mol. The van der Waals surface area contributed by atoms with E-state index in [2.05, 4.69) is 96.7 Å². The number of carbonyl (C=O) groups excluding carboxylic acids is 1. The van der Waals surface area contributed by atoms with Gasteiger partial charge in [-0.15, -0.1) is 0 Å². The highest BCUT2D eigenvalue weighted by Crippen LogP contribution is 2.30. The van der Waals surface area contributed by atoms with Gasteiger partial charge in [0.25, 0.3) is 0 Å². The van der Waals surface area contributed by atoms with Crippen LogP contribution in [0.4, 0.5) is 0 Å². The number of nitrogens with zero attached hydrogens (tertiary/aromatic N) is 1. The van der Waals surface area contributed by atoms with Crippen molar-refractivity contribution in [2.75, 3.05) is 0 Å². The average molecular weight is 437 g/mol. The van der Waals surface area contributed by atoms with Gasteiger partial charge in [-0.3, -0.25) is 4.79 Å². The summed E-state index contributed by atoms with van der Waals surface area (Å²) < 4.78 is 2.34. The van der Waals surface area contributed by atoms with E-state index in [1.807, 2.05) is 0 Å². The molecule has 1 aliphatic rings. The number of aromatic nitrogens is 1. The third-order valence-corrected chi connectivity index (χ3v) is 7.04. The topological polar surface area (TPSA) is 34.0 Å². The van der Waals surface area contributed by atoms with Crippen molar-refractivity contribution in [1.82, 2.24) is 9.88 Å². The first kappa shape index (κ1) is 21.5. The van der Waals surface area contributed by atoms with Crippen LogP contribution in [-0.4, -0.2) is 10.5 Å². The second-order valence-electron chi connectivity index (χ2n) is 9.44. The zero-order valence-corrected chi connectivity index (χ0v) is 19.6. The second-order valence-corrected chi connectivity index (χ2v) is 9.44. The Bertz CT molecular complexity index is 1300. The molecular formula is C30H32N2O. The van der Waals surface area contributed by atoms with E-state index in [1.54, 1.807) is 0 Å². The Balaban J connectivity index is 1.32. The summed E-state index contributed by atoms with van der Waals surface area (Å²) >= 11 is 0. The fourth-order valence-electron chi connectivity index (χ4n) is 5.23. The highest BCUT2D eigenvalue weighted by atomic mass is 16.1. The number of amides is 1. The van der Waals surface area contributed by atoms with E-state index in [-0.39, 0.29) is 11.9 Å².